The molecule has 0 atom stereocenters. The van der Waals surface area contributed by atoms with Crippen LogP contribution in [0.15, 0.2) is 36.4 Å². The maximum Gasteiger partial charge on any atom is 0.165 e. The van der Waals surface area contributed by atoms with Crippen LogP contribution in [0.1, 0.15) is 22.3 Å². The van der Waals surface area contributed by atoms with Crippen LogP contribution in [-0.2, 0) is 13.2 Å². The van der Waals surface area contributed by atoms with Crippen LogP contribution in [0.5, 0.6) is 5.75 Å². The Bertz CT molecular complexity index is 581. The Morgan fingerprint density at radius 3 is 2.53 bits per heavy atom. The summed E-state index contributed by atoms with van der Waals surface area (Å²) in [6.45, 7) is 4.73. The molecular formula is C16H18FNO. The second-order valence-electron chi connectivity index (χ2n) is 4.69. The van der Waals surface area contributed by atoms with Crippen LogP contribution in [0.3, 0.4) is 0 Å². The third kappa shape index (κ3) is 3.32. The number of ether oxygens (including phenoxy) is 1. The molecule has 0 heterocycles. The minimum atomic E-state index is -0.323. The largest absolute Gasteiger partial charge is 0.486 e. The average molecular weight is 259 g/mol. The van der Waals surface area contributed by atoms with Crippen molar-refractivity contribution < 1.29 is 9.13 Å². The zero-order valence-corrected chi connectivity index (χ0v) is 11.2. The lowest BCUT2D eigenvalue weighted by Gasteiger charge is -2.11. The van der Waals surface area contributed by atoms with Gasteiger partial charge in [-0.25, -0.2) is 4.39 Å². The number of aryl methyl sites for hydroxylation is 2. The summed E-state index contributed by atoms with van der Waals surface area (Å²) >= 11 is 0. The van der Waals surface area contributed by atoms with E-state index in [2.05, 4.69) is 0 Å². The van der Waals surface area contributed by atoms with Gasteiger partial charge in [-0.1, -0.05) is 24.3 Å². The summed E-state index contributed by atoms with van der Waals surface area (Å²) < 4.78 is 19.2. The Balaban J connectivity index is 2.10. The highest BCUT2D eigenvalue weighted by Crippen LogP contribution is 2.20. The molecule has 0 saturated heterocycles. The molecule has 0 saturated carbocycles. The molecule has 0 fully saturated rings. The van der Waals surface area contributed by atoms with Crippen LogP contribution >= 0.6 is 0 Å². The lowest BCUT2D eigenvalue weighted by atomic mass is 10.1. The first-order valence-corrected chi connectivity index (χ1v) is 6.27. The summed E-state index contributed by atoms with van der Waals surface area (Å²) in [6.07, 6.45) is 0. The van der Waals surface area contributed by atoms with Gasteiger partial charge in [0.15, 0.2) is 11.6 Å². The van der Waals surface area contributed by atoms with E-state index in [-0.39, 0.29) is 11.6 Å². The SMILES string of the molecule is Cc1ccc(OCc2ccc(CN)cc2C)c(F)c1. The van der Waals surface area contributed by atoms with Crippen LogP contribution < -0.4 is 10.5 Å². The van der Waals surface area contributed by atoms with Crippen molar-refractivity contribution in [3.63, 3.8) is 0 Å². The van der Waals surface area contributed by atoms with E-state index in [1.807, 2.05) is 38.1 Å². The van der Waals surface area contributed by atoms with Crippen molar-refractivity contribution in [2.75, 3.05) is 0 Å². The maximum absolute atomic E-state index is 13.6. The maximum atomic E-state index is 13.6. The van der Waals surface area contributed by atoms with Gasteiger partial charge in [-0.2, -0.15) is 0 Å². The molecule has 2 N–H and O–H groups in total. The van der Waals surface area contributed by atoms with E-state index in [1.165, 1.54) is 6.07 Å². The van der Waals surface area contributed by atoms with Crippen molar-refractivity contribution in [1.29, 1.82) is 0 Å². The number of halogens is 1. The molecule has 3 heteroatoms. The van der Waals surface area contributed by atoms with Crippen molar-refractivity contribution in [1.82, 2.24) is 0 Å². The summed E-state index contributed by atoms with van der Waals surface area (Å²) in [5.74, 6) is -0.0378. The molecule has 19 heavy (non-hydrogen) atoms. The fourth-order valence-electron chi connectivity index (χ4n) is 1.93. The molecule has 0 bridgehead atoms. The van der Waals surface area contributed by atoms with E-state index in [0.29, 0.717) is 13.2 Å². The lowest BCUT2D eigenvalue weighted by molar-refractivity contribution is 0.289. The van der Waals surface area contributed by atoms with Crippen LogP contribution in [0, 0.1) is 19.7 Å². The quantitative estimate of drug-likeness (QED) is 0.912. The van der Waals surface area contributed by atoms with Gasteiger partial charge in [0.2, 0.25) is 0 Å². The number of rotatable bonds is 4. The van der Waals surface area contributed by atoms with Gasteiger partial charge >= 0.3 is 0 Å². The molecule has 0 aliphatic heterocycles. The molecule has 2 aromatic carbocycles. The molecular weight excluding hydrogens is 241 g/mol. The van der Waals surface area contributed by atoms with Gasteiger partial charge in [-0.3, -0.25) is 0 Å². The number of benzene rings is 2. The number of nitrogens with two attached hydrogens (primary N) is 1. The van der Waals surface area contributed by atoms with E-state index < -0.39 is 0 Å². The highest BCUT2D eigenvalue weighted by atomic mass is 19.1. The zero-order valence-electron chi connectivity index (χ0n) is 11.2. The number of hydrogen-bond acceptors (Lipinski definition) is 2. The third-order valence-corrected chi connectivity index (χ3v) is 3.11. The first-order valence-electron chi connectivity index (χ1n) is 6.27. The summed E-state index contributed by atoms with van der Waals surface area (Å²) in [5.41, 5.74) is 9.70. The van der Waals surface area contributed by atoms with Crippen LogP contribution in [-0.4, -0.2) is 0 Å². The van der Waals surface area contributed by atoms with Gasteiger partial charge in [0.05, 0.1) is 0 Å². The van der Waals surface area contributed by atoms with Crippen molar-refractivity contribution in [2.24, 2.45) is 5.73 Å². The Morgan fingerprint density at radius 2 is 1.89 bits per heavy atom. The topological polar surface area (TPSA) is 35.2 Å². The highest BCUT2D eigenvalue weighted by molar-refractivity contribution is 5.32. The van der Waals surface area contributed by atoms with E-state index in [0.717, 1.165) is 22.3 Å². The van der Waals surface area contributed by atoms with Crippen molar-refractivity contribution in [3.05, 3.63) is 64.5 Å². The third-order valence-electron chi connectivity index (χ3n) is 3.11. The Kier molecular flexibility index (Phi) is 4.17. The molecule has 2 aromatic rings. The highest BCUT2D eigenvalue weighted by Gasteiger charge is 2.05. The van der Waals surface area contributed by atoms with E-state index in [1.54, 1.807) is 6.07 Å². The molecule has 0 aliphatic rings. The molecule has 0 amide bonds. The Morgan fingerprint density at radius 1 is 1.11 bits per heavy atom. The van der Waals surface area contributed by atoms with Gasteiger partial charge in [0.25, 0.3) is 0 Å². The molecule has 2 rings (SSSR count). The fraction of sp³-hybridized carbons (Fsp3) is 0.250. The summed E-state index contributed by atoms with van der Waals surface area (Å²) in [4.78, 5) is 0. The second kappa shape index (κ2) is 5.85. The van der Waals surface area contributed by atoms with Gasteiger partial charge in [0.1, 0.15) is 6.61 Å². The average Bonchev–Trinajstić information content (AvgIpc) is 2.39. The van der Waals surface area contributed by atoms with Crippen LogP contribution in [0.2, 0.25) is 0 Å². The standard InChI is InChI=1S/C16H18FNO/c1-11-3-6-16(15(17)7-11)19-10-14-5-4-13(9-18)8-12(14)2/h3-8H,9-10,18H2,1-2H3. The van der Waals surface area contributed by atoms with Crippen molar-refractivity contribution in [3.8, 4) is 5.75 Å². The minimum Gasteiger partial charge on any atom is -0.486 e. The molecule has 0 unspecified atom stereocenters. The van der Waals surface area contributed by atoms with Gasteiger partial charge in [-0.15, -0.1) is 0 Å². The molecule has 0 aliphatic carbocycles. The van der Waals surface area contributed by atoms with Gasteiger partial charge < -0.3 is 10.5 Å². The summed E-state index contributed by atoms with van der Waals surface area (Å²) in [5, 5.41) is 0. The number of hydrogen-bond donors (Lipinski definition) is 1. The first-order chi connectivity index (χ1) is 9.10. The Labute approximate surface area is 113 Å². The van der Waals surface area contributed by atoms with Crippen molar-refractivity contribution >= 4 is 0 Å². The zero-order chi connectivity index (χ0) is 13.8. The predicted octanol–water partition coefficient (Wildman–Crippen LogP) is 3.48. The van der Waals surface area contributed by atoms with Crippen LogP contribution in [0.25, 0.3) is 0 Å². The molecule has 0 spiro atoms. The predicted molar refractivity (Wildman–Crippen MR) is 74.5 cm³/mol. The smallest absolute Gasteiger partial charge is 0.165 e. The summed E-state index contributed by atoms with van der Waals surface area (Å²) in [7, 11) is 0. The van der Waals surface area contributed by atoms with Crippen molar-refractivity contribution in [2.45, 2.75) is 27.0 Å². The lowest BCUT2D eigenvalue weighted by Crippen LogP contribution is -2.02. The second-order valence-corrected chi connectivity index (χ2v) is 4.69. The van der Waals surface area contributed by atoms with E-state index in [4.69, 9.17) is 10.5 Å². The molecule has 2 nitrogen and oxygen atoms in total. The molecule has 100 valence electrons. The Hall–Kier alpha value is -1.87. The van der Waals surface area contributed by atoms with Gasteiger partial charge in [0, 0.05) is 6.54 Å². The van der Waals surface area contributed by atoms with Gasteiger partial charge in [-0.05, 0) is 48.2 Å². The fourth-order valence-corrected chi connectivity index (χ4v) is 1.93. The monoisotopic (exact) mass is 259 g/mol. The minimum absolute atomic E-state index is 0.285. The van der Waals surface area contributed by atoms with E-state index in [9.17, 15) is 4.39 Å². The molecule has 0 radical (unpaired) electrons. The summed E-state index contributed by atoms with van der Waals surface area (Å²) in [6, 6.07) is 10.9. The molecule has 0 aromatic heterocycles. The normalized spacial score (nSPS) is 10.5. The van der Waals surface area contributed by atoms with Crippen LogP contribution in [0.4, 0.5) is 4.39 Å². The first kappa shape index (κ1) is 13.6. The van der Waals surface area contributed by atoms with E-state index >= 15 is 0 Å².